The summed E-state index contributed by atoms with van der Waals surface area (Å²) in [7, 11) is 1.63. The Morgan fingerprint density at radius 3 is 2.56 bits per heavy atom. The van der Waals surface area contributed by atoms with Gasteiger partial charge >= 0.3 is 0 Å². The van der Waals surface area contributed by atoms with Gasteiger partial charge < -0.3 is 20.5 Å². The molecule has 0 unspecified atom stereocenters. The molecule has 0 radical (unpaired) electrons. The Kier molecular flexibility index (Phi) is 8.19. The number of para-hydroxylation sites is 2. The lowest BCUT2D eigenvalue weighted by atomic mass is 9.74. The largest absolute Gasteiger partial charge is 0.495 e. The van der Waals surface area contributed by atoms with Crippen molar-refractivity contribution in [1.82, 2.24) is 0 Å². The number of guanidine groups is 1. The van der Waals surface area contributed by atoms with Crippen LogP contribution in [0.5, 0.6) is 5.75 Å². The van der Waals surface area contributed by atoms with Gasteiger partial charge in [-0.15, -0.1) is 24.0 Å². The first kappa shape index (κ1) is 21.8. The maximum atomic E-state index is 6.48. The van der Waals surface area contributed by atoms with Crippen LogP contribution in [-0.4, -0.2) is 32.8 Å². The standard InChI is InChI=1S/C20H24ClN3O2.HI/c1-25-18-9-5-4-8-17(18)24-19(22)23-14-20(10-12-26-13-11-20)15-6-2-3-7-16(15)21;/h2-9H,10-14H2,1H3,(H3,22,23,24);1H. The normalized spacial score (nSPS) is 16.3. The van der Waals surface area contributed by atoms with Gasteiger partial charge in [-0.1, -0.05) is 41.9 Å². The molecular weight excluding hydrogens is 477 g/mol. The van der Waals surface area contributed by atoms with Crippen LogP contribution in [-0.2, 0) is 10.2 Å². The SMILES string of the molecule is COc1ccccc1NC(N)=NCC1(c2ccccc2Cl)CCOCC1.I. The Morgan fingerprint density at radius 1 is 1.19 bits per heavy atom. The van der Waals surface area contributed by atoms with Crippen molar-refractivity contribution in [3.8, 4) is 5.75 Å². The fraction of sp³-hybridized carbons (Fsp3) is 0.350. The lowest BCUT2D eigenvalue weighted by Crippen LogP contribution is -2.38. The second-order valence-electron chi connectivity index (χ2n) is 6.40. The fourth-order valence-corrected chi connectivity index (χ4v) is 3.66. The van der Waals surface area contributed by atoms with Crippen LogP contribution < -0.4 is 15.8 Å². The summed E-state index contributed by atoms with van der Waals surface area (Å²) in [5.74, 6) is 1.07. The van der Waals surface area contributed by atoms with E-state index in [0.717, 1.165) is 34.9 Å². The number of ether oxygens (including phenoxy) is 2. The summed E-state index contributed by atoms with van der Waals surface area (Å²) in [5, 5.41) is 3.89. The summed E-state index contributed by atoms with van der Waals surface area (Å²) in [4.78, 5) is 4.62. The number of halogens is 2. The minimum absolute atomic E-state index is 0. The maximum Gasteiger partial charge on any atom is 0.193 e. The van der Waals surface area contributed by atoms with Gasteiger partial charge in [-0.3, -0.25) is 4.99 Å². The van der Waals surface area contributed by atoms with E-state index in [1.165, 1.54) is 0 Å². The number of nitrogens with two attached hydrogens (primary N) is 1. The van der Waals surface area contributed by atoms with Gasteiger partial charge in [0, 0.05) is 23.7 Å². The molecule has 0 bridgehead atoms. The number of methoxy groups -OCH3 is 1. The number of rotatable bonds is 5. The number of nitrogens with zero attached hydrogens (tertiary/aromatic N) is 1. The minimum Gasteiger partial charge on any atom is -0.495 e. The Labute approximate surface area is 182 Å². The average Bonchev–Trinajstić information content (AvgIpc) is 2.68. The monoisotopic (exact) mass is 501 g/mol. The Hall–Kier alpha value is -1.51. The molecule has 0 spiro atoms. The highest BCUT2D eigenvalue weighted by molar-refractivity contribution is 14.0. The molecule has 146 valence electrons. The summed E-state index contributed by atoms with van der Waals surface area (Å²) in [6.45, 7) is 1.94. The third-order valence-electron chi connectivity index (χ3n) is 4.82. The predicted octanol–water partition coefficient (Wildman–Crippen LogP) is 4.44. The first-order chi connectivity index (χ1) is 12.6. The zero-order chi connectivity index (χ0) is 18.4. The molecule has 27 heavy (non-hydrogen) atoms. The molecule has 0 atom stereocenters. The molecule has 3 rings (SSSR count). The minimum atomic E-state index is -0.163. The molecule has 1 heterocycles. The topological polar surface area (TPSA) is 68.9 Å². The average molecular weight is 502 g/mol. The number of aliphatic imine (C=N–C) groups is 1. The lowest BCUT2D eigenvalue weighted by molar-refractivity contribution is 0.0532. The quantitative estimate of drug-likeness (QED) is 0.361. The van der Waals surface area contributed by atoms with E-state index < -0.39 is 0 Å². The number of anilines is 1. The molecule has 0 saturated carbocycles. The number of benzene rings is 2. The first-order valence-electron chi connectivity index (χ1n) is 8.67. The van der Waals surface area contributed by atoms with Crippen molar-refractivity contribution in [2.45, 2.75) is 18.3 Å². The van der Waals surface area contributed by atoms with Crippen molar-refractivity contribution < 1.29 is 9.47 Å². The number of nitrogens with one attached hydrogen (secondary N) is 1. The fourth-order valence-electron chi connectivity index (χ4n) is 3.33. The summed E-state index contributed by atoms with van der Waals surface area (Å²) in [6.07, 6.45) is 1.73. The second-order valence-corrected chi connectivity index (χ2v) is 6.81. The van der Waals surface area contributed by atoms with Crippen molar-refractivity contribution in [2.75, 3.05) is 32.2 Å². The summed E-state index contributed by atoms with van der Waals surface area (Å²) in [6, 6.07) is 15.6. The smallest absolute Gasteiger partial charge is 0.193 e. The van der Waals surface area contributed by atoms with E-state index >= 15 is 0 Å². The molecule has 1 fully saturated rings. The molecule has 1 aliphatic rings. The zero-order valence-electron chi connectivity index (χ0n) is 15.3. The third-order valence-corrected chi connectivity index (χ3v) is 5.15. The molecule has 1 saturated heterocycles. The van der Waals surface area contributed by atoms with E-state index in [4.69, 9.17) is 26.8 Å². The van der Waals surface area contributed by atoms with Gasteiger partial charge in [0.05, 0.1) is 19.3 Å². The van der Waals surface area contributed by atoms with Crippen LogP contribution in [0.3, 0.4) is 0 Å². The maximum absolute atomic E-state index is 6.48. The van der Waals surface area contributed by atoms with Crippen molar-refractivity contribution >= 4 is 47.2 Å². The van der Waals surface area contributed by atoms with Crippen molar-refractivity contribution in [2.24, 2.45) is 10.7 Å². The predicted molar refractivity (Wildman–Crippen MR) is 122 cm³/mol. The van der Waals surface area contributed by atoms with Crippen LogP contribution in [0.2, 0.25) is 5.02 Å². The molecule has 0 amide bonds. The zero-order valence-corrected chi connectivity index (χ0v) is 18.4. The molecule has 5 nitrogen and oxygen atoms in total. The van der Waals surface area contributed by atoms with E-state index in [0.29, 0.717) is 25.7 Å². The highest BCUT2D eigenvalue weighted by atomic mass is 127. The van der Waals surface area contributed by atoms with Gasteiger partial charge in [0.25, 0.3) is 0 Å². The summed E-state index contributed by atoms with van der Waals surface area (Å²) in [5.41, 5.74) is 7.87. The molecule has 3 N–H and O–H groups in total. The molecule has 7 heteroatoms. The lowest BCUT2D eigenvalue weighted by Gasteiger charge is -2.37. The second kappa shape index (κ2) is 10.1. The van der Waals surface area contributed by atoms with E-state index in [9.17, 15) is 0 Å². The van der Waals surface area contributed by atoms with E-state index in [1.54, 1.807) is 7.11 Å². The molecule has 2 aromatic rings. The van der Waals surface area contributed by atoms with E-state index in [1.807, 2.05) is 42.5 Å². The van der Waals surface area contributed by atoms with E-state index in [-0.39, 0.29) is 29.4 Å². The van der Waals surface area contributed by atoms with Gasteiger partial charge in [-0.25, -0.2) is 0 Å². The molecular formula is C20H25ClIN3O2. The molecule has 1 aliphatic heterocycles. The molecule has 0 aliphatic carbocycles. The number of hydrogen-bond acceptors (Lipinski definition) is 3. The van der Waals surface area contributed by atoms with Crippen molar-refractivity contribution in [3.63, 3.8) is 0 Å². The summed E-state index contributed by atoms with van der Waals surface area (Å²) < 4.78 is 10.9. The Balaban J connectivity index is 0.00000261. The third kappa shape index (κ3) is 5.27. The molecule has 2 aromatic carbocycles. The van der Waals surface area contributed by atoms with Crippen LogP contribution in [0.25, 0.3) is 0 Å². The highest BCUT2D eigenvalue weighted by Gasteiger charge is 2.36. The van der Waals surface area contributed by atoms with Gasteiger partial charge in [-0.05, 0) is 36.6 Å². The van der Waals surface area contributed by atoms with Crippen molar-refractivity contribution in [3.05, 3.63) is 59.1 Å². The van der Waals surface area contributed by atoms with Crippen LogP contribution >= 0.6 is 35.6 Å². The highest BCUT2D eigenvalue weighted by Crippen LogP contribution is 2.39. The number of hydrogen-bond donors (Lipinski definition) is 2. The molecule has 0 aromatic heterocycles. The van der Waals surface area contributed by atoms with Gasteiger partial charge in [-0.2, -0.15) is 0 Å². The summed E-state index contributed by atoms with van der Waals surface area (Å²) >= 11 is 6.48. The van der Waals surface area contributed by atoms with Crippen LogP contribution in [0.1, 0.15) is 18.4 Å². The van der Waals surface area contributed by atoms with Crippen LogP contribution in [0, 0.1) is 0 Å². The van der Waals surface area contributed by atoms with Gasteiger partial charge in [0.1, 0.15) is 5.75 Å². The van der Waals surface area contributed by atoms with Crippen LogP contribution in [0.4, 0.5) is 5.69 Å². The van der Waals surface area contributed by atoms with Gasteiger partial charge in [0.15, 0.2) is 5.96 Å². The van der Waals surface area contributed by atoms with E-state index in [2.05, 4.69) is 16.4 Å². The first-order valence-corrected chi connectivity index (χ1v) is 9.05. The Morgan fingerprint density at radius 2 is 1.85 bits per heavy atom. The van der Waals surface area contributed by atoms with Crippen LogP contribution in [0.15, 0.2) is 53.5 Å². The van der Waals surface area contributed by atoms with Crippen molar-refractivity contribution in [1.29, 1.82) is 0 Å². The Bertz CT molecular complexity index is 779. The van der Waals surface area contributed by atoms with Gasteiger partial charge in [0.2, 0.25) is 0 Å².